The van der Waals surface area contributed by atoms with Gasteiger partial charge in [-0.05, 0) is 24.5 Å². The molecule has 0 unspecified atom stereocenters. The molecule has 0 bridgehead atoms. The zero-order valence-electron chi connectivity index (χ0n) is 14.5. The van der Waals surface area contributed by atoms with Crippen LogP contribution in [0.1, 0.15) is 30.7 Å². The lowest BCUT2D eigenvalue weighted by Crippen LogP contribution is -2.27. The van der Waals surface area contributed by atoms with E-state index in [2.05, 4.69) is 44.3 Å². The van der Waals surface area contributed by atoms with Crippen LogP contribution in [0.25, 0.3) is 5.65 Å². The van der Waals surface area contributed by atoms with Gasteiger partial charge in [0, 0.05) is 50.1 Å². The van der Waals surface area contributed by atoms with E-state index in [-0.39, 0.29) is 0 Å². The molecule has 1 atom stereocenters. The molecule has 0 radical (unpaired) electrons. The smallest absolute Gasteiger partial charge is 0.222 e. The predicted molar refractivity (Wildman–Crippen MR) is 97.4 cm³/mol. The lowest BCUT2D eigenvalue weighted by Gasteiger charge is -2.20. The molecule has 0 spiro atoms. The number of nitrogens with zero attached hydrogens (tertiary/aromatic N) is 6. The monoisotopic (exact) mass is 348 g/mol. The zero-order valence-corrected chi connectivity index (χ0v) is 14.5. The van der Waals surface area contributed by atoms with Gasteiger partial charge in [0.1, 0.15) is 6.33 Å². The summed E-state index contributed by atoms with van der Waals surface area (Å²) in [4.78, 5) is 20.7. The molecule has 132 valence electrons. The van der Waals surface area contributed by atoms with E-state index in [1.807, 2.05) is 15.5 Å². The van der Waals surface area contributed by atoms with Crippen molar-refractivity contribution < 1.29 is 4.79 Å². The van der Waals surface area contributed by atoms with Gasteiger partial charge < -0.3 is 9.80 Å². The zero-order chi connectivity index (χ0) is 17.5. The summed E-state index contributed by atoms with van der Waals surface area (Å²) in [5.41, 5.74) is 3.26. The summed E-state index contributed by atoms with van der Waals surface area (Å²) >= 11 is 0. The van der Waals surface area contributed by atoms with Crippen LogP contribution < -0.4 is 4.90 Å². The van der Waals surface area contributed by atoms with Gasteiger partial charge >= 0.3 is 0 Å². The highest BCUT2D eigenvalue weighted by atomic mass is 16.2. The number of aromatic nitrogens is 4. The second kappa shape index (κ2) is 6.09. The van der Waals surface area contributed by atoms with Crippen LogP contribution in [-0.4, -0.2) is 50.0 Å². The Morgan fingerprint density at radius 3 is 3.04 bits per heavy atom. The van der Waals surface area contributed by atoms with Crippen molar-refractivity contribution in [1.29, 1.82) is 0 Å². The quantitative estimate of drug-likeness (QED) is 0.724. The number of benzene rings is 1. The fourth-order valence-electron chi connectivity index (χ4n) is 4.13. The molecule has 2 aliphatic heterocycles. The number of fused-ring (bicyclic) bond motifs is 2. The van der Waals surface area contributed by atoms with E-state index in [1.54, 1.807) is 12.5 Å². The molecule has 7 heteroatoms. The maximum atomic E-state index is 11.9. The number of amides is 1. The summed E-state index contributed by atoms with van der Waals surface area (Å²) in [5.74, 6) is 1.50. The Balaban J connectivity index is 1.45. The van der Waals surface area contributed by atoms with Crippen molar-refractivity contribution in [2.45, 2.75) is 25.2 Å². The second-order valence-electron chi connectivity index (χ2n) is 6.95. The average molecular weight is 348 g/mol. The Labute approximate surface area is 151 Å². The molecule has 1 amide bonds. The summed E-state index contributed by atoms with van der Waals surface area (Å²) in [6.07, 6.45) is 7.99. The third kappa shape index (κ3) is 2.42. The summed E-state index contributed by atoms with van der Waals surface area (Å²) < 4.78 is 1.89. The van der Waals surface area contributed by atoms with Crippen LogP contribution in [0.5, 0.6) is 0 Å². The van der Waals surface area contributed by atoms with Crippen LogP contribution >= 0.6 is 0 Å². The van der Waals surface area contributed by atoms with Gasteiger partial charge in [-0.1, -0.05) is 18.2 Å². The van der Waals surface area contributed by atoms with Crippen molar-refractivity contribution in [3.8, 4) is 0 Å². The van der Waals surface area contributed by atoms with Crippen molar-refractivity contribution >= 4 is 23.1 Å². The third-order valence-corrected chi connectivity index (χ3v) is 5.44. The van der Waals surface area contributed by atoms with Crippen LogP contribution in [0.3, 0.4) is 0 Å². The first-order valence-electron chi connectivity index (χ1n) is 9.10. The SMILES string of the molecule is O=C1CCCN1CC[C@H]1CN(c2nccn3cnnc23)c2ccccc21. The molecule has 7 nitrogen and oxygen atoms in total. The van der Waals surface area contributed by atoms with E-state index in [9.17, 15) is 4.79 Å². The second-order valence-corrected chi connectivity index (χ2v) is 6.95. The van der Waals surface area contributed by atoms with Crippen molar-refractivity contribution in [1.82, 2.24) is 24.5 Å². The molecular weight excluding hydrogens is 328 g/mol. The molecule has 0 saturated carbocycles. The molecule has 1 aromatic carbocycles. The largest absolute Gasteiger partial charge is 0.343 e. The van der Waals surface area contributed by atoms with Gasteiger partial charge in [-0.15, -0.1) is 10.2 Å². The van der Waals surface area contributed by atoms with E-state index in [1.165, 1.54) is 11.3 Å². The summed E-state index contributed by atoms with van der Waals surface area (Å²) in [7, 11) is 0. The lowest BCUT2D eigenvalue weighted by atomic mass is 9.98. The number of para-hydroxylation sites is 1. The Kier molecular flexibility index (Phi) is 3.58. The number of hydrogen-bond donors (Lipinski definition) is 0. The number of rotatable bonds is 4. The minimum absolute atomic E-state index is 0.294. The predicted octanol–water partition coefficient (Wildman–Crippen LogP) is 2.37. The third-order valence-electron chi connectivity index (χ3n) is 5.44. The molecule has 1 saturated heterocycles. The van der Waals surface area contributed by atoms with E-state index in [0.29, 0.717) is 18.2 Å². The first kappa shape index (κ1) is 15.3. The highest BCUT2D eigenvalue weighted by Crippen LogP contribution is 2.42. The maximum Gasteiger partial charge on any atom is 0.222 e. The maximum absolute atomic E-state index is 11.9. The summed E-state index contributed by atoms with van der Waals surface area (Å²) in [6.45, 7) is 2.58. The molecular formula is C19H20N6O. The van der Waals surface area contributed by atoms with Gasteiger partial charge in [0.2, 0.25) is 11.6 Å². The minimum Gasteiger partial charge on any atom is -0.343 e. The van der Waals surface area contributed by atoms with Crippen LogP contribution in [0, 0.1) is 0 Å². The Morgan fingerprint density at radius 2 is 2.15 bits per heavy atom. The van der Waals surface area contributed by atoms with Gasteiger partial charge in [-0.3, -0.25) is 9.20 Å². The fourth-order valence-corrected chi connectivity index (χ4v) is 4.13. The van der Waals surface area contributed by atoms with E-state index < -0.39 is 0 Å². The lowest BCUT2D eigenvalue weighted by molar-refractivity contribution is -0.127. The first-order valence-corrected chi connectivity index (χ1v) is 9.10. The van der Waals surface area contributed by atoms with Gasteiger partial charge in [-0.25, -0.2) is 4.98 Å². The Morgan fingerprint density at radius 1 is 1.23 bits per heavy atom. The minimum atomic E-state index is 0.294. The molecule has 4 heterocycles. The van der Waals surface area contributed by atoms with Crippen molar-refractivity contribution in [3.63, 3.8) is 0 Å². The molecule has 5 rings (SSSR count). The van der Waals surface area contributed by atoms with Crippen LogP contribution in [0.2, 0.25) is 0 Å². The van der Waals surface area contributed by atoms with E-state index in [4.69, 9.17) is 0 Å². The first-order chi connectivity index (χ1) is 12.8. The van der Waals surface area contributed by atoms with Crippen molar-refractivity contribution in [3.05, 3.63) is 48.5 Å². The van der Waals surface area contributed by atoms with E-state index in [0.717, 1.165) is 43.9 Å². The average Bonchev–Trinajstić information content (AvgIpc) is 3.38. The van der Waals surface area contributed by atoms with Gasteiger partial charge in [-0.2, -0.15) is 0 Å². The van der Waals surface area contributed by atoms with E-state index >= 15 is 0 Å². The molecule has 26 heavy (non-hydrogen) atoms. The van der Waals surface area contributed by atoms with Gasteiger partial charge in [0.05, 0.1) is 0 Å². The number of hydrogen-bond acceptors (Lipinski definition) is 5. The normalized spacial score (nSPS) is 19.5. The number of likely N-dealkylation sites (tertiary alicyclic amines) is 1. The highest BCUT2D eigenvalue weighted by Gasteiger charge is 2.32. The summed E-state index contributed by atoms with van der Waals surface area (Å²) in [6, 6.07) is 8.47. The Hall–Kier alpha value is -2.96. The standard InChI is InChI=1S/C19H20N6O/c26-17-6-3-9-23(17)10-7-14-12-25(16-5-2-1-4-15(14)16)18-19-22-21-13-24(19)11-8-20-18/h1-2,4-5,8,11,13-14H,3,6-7,9-10,12H2/t14-/m0/s1. The Bertz CT molecular complexity index is 967. The molecule has 2 aromatic heterocycles. The number of carbonyl (C=O) groups is 1. The summed E-state index contributed by atoms with van der Waals surface area (Å²) in [5, 5.41) is 8.24. The number of carbonyl (C=O) groups excluding carboxylic acids is 1. The fraction of sp³-hybridized carbons (Fsp3) is 0.368. The molecule has 0 N–H and O–H groups in total. The van der Waals surface area contributed by atoms with Crippen LogP contribution in [-0.2, 0) is 4.79 Å². The van der Waals surface area contributed by atoms with Crippen molar-refractivity contribution in [2.24, 2.45) is 0 Å². The highest BCUT2D eigenvalue weighted by molar-refractivity contribution is 5.78. The van der Waals surface area contributed by atoms with Crippen LogP contribution in [0.15, 0.2) is 43.0 Å². The topological polar surface area (TPSA) is 66.6 Å². The number of anilines is 2. The van der Waals surface area contributed by atoms with Gasteiger partial charge in [0.15, 0.2) is 5.82 Å². The molecule has 0 aliphatic carbocycles. The molecule has 2 aliphatic rings. The van der Waals surface area contributed by atoms with Crippen molar-refractivity contribution in [2.75, 3.05) is 24.5 Å². The van der Waals surface area contributed by atoms with Crippen LogP contribution in [0.4, 0.5) is 11.5 Å². The molecule has 1 fully saturated rings. The van der Waals surface area contributed by atoms with Gasteiger partial charge in [0.25, 0.3) is 0 Å². The molecule has 3 aromatic rings.